The van der Waals surface area contributed by atoms with E-state index in [4.69, 9.17) is 5.73 Å². The summed E-state index contributed by atoms with van der Waals surface area (Å²) in [6.07, 6.45) is 1.21. The number of hydrogen-bond acceptors (Lipinski definition) is 4. The first-order valence-corrected chi connectivity index (χ1v) is 8.76. The summed E-state index contributed by atoms with van der Waals surface area (Å²) in [7, 11) is -3.20. The molecule has 1 rings (SSSR count). The van der Waals surface area contributed by atoms with Gasteiger partial charge in [0.1, 0.15) is 0 Å². The monoisotopic (exact) mass is 389 g/mol. The highest BCUT2D eigenvalue weighted by atomic mass is 79.9. The maximum absolute atomic E-state index is 11.7. The number of thiophene rings is 1. The molecule has 0 aliphatic rings. The third-order valence-electron chi connectivity index (χ3n) is 2.68. The first-order valence-electron chi connectivity index (χ1n) is 4.47. The predicted octanol–water partition coefficient (Wildman–Crippen LogP) is 3.10. The van der Waals surface area contributed by atoms with Crippen LogP contribution in [0.1, 0.15) is 24.8 Å². The van der Waals surface area contributed by atoms with Crippen LogP contribution in [0.25, 0.3) is 0 Å². The van der Waals surface area contributed by atoms with E-state index in [2.05, 4.69) is 31.9 Å². The first kappa shape index (κ1) is 14.6. The summed E-state index contributed by atoms with van der Waals surface area (Å²) in [6, 6.07) is 1.32. The van der Waals surface area contributed by atoms with E-state index in [0.29, 0.717) is 0 Å². The molecule has 0 saturated heterocycles. The van der Waals surface area contributed by atoms with E-state index in [1.807, 2.05) is 6.07 Å². The van der Waals surface area contributed by atoms with Crippen LogP contribution in [-0.2, 0) is 9.84 Å². The molecule has 1 unspecified atom stereocenters. The van der Waals surface area contributed by atoms with E-state index in [-0.39, 0.29) is 0 Å². The van der Waals surface area contributed by atoms with Crippen molar-refractivity contribution in [1.29, 1.82) is 0 Å². The van der Waals surface area contributed by atoms with Gasteiger partial charge in [-0.2, -0.15) is 0 Å². The standard InChI is InChI=1S/C9H13Br2NO2S2/c1-9(2,16(3,13)14)7(12)6-4-5(10)8(11)15-6/h4,7H,12H2,1-3H3. The smallest absolute Gasteiger partial charge is 0.154 e. The van der Waals surface area contributed by atoms with E-state index < -0.39 is 20.6 Å². The van der Waals surface area contributed by atoms with Crippen molar-refractivity contribution in [1.82, 2.24) is 0 Å². The van der Waals surface area contributed by atoms with Crippen molar-refractivity contribution in [3.05, 3.63) is 19.2 Å². The van der Waals surface area contributed by atoms with Gasteiger partial charge in [0.25, 0.3) is 0 Å². The Balaban J connectivity index is 3.17. The zero-order valence-corrected chi connectivity index (χ0v) is 13.9. The van der Waals surface area contributed by atoms with Crippen LogP contribution >= 0.6 is 43.2 Å². The molecule has 1 aromatic heterocycles. The van der Waals surface area contributed by atoms with Crippen LogP contribution in [-0.4, -0.2) is 19.4 Å². The van der Waals surface area contributed by atoms with Gasteiger partial charge in [0, 0.05) is 15.6 Å². The number of hydrogen-bond donors (Lipinski definition) is 1. The van der Waals surface area contributed by atoms with Crippen molar-refractivity contribution in [2.75, 3.05) is 6.26 Å². The van der Waals surface area contributed by atoms with Gasteiger partial charge in [-0.15, -0.1) is 11.3 Å². The quantitative estimate of drug-likeness (QED) is 0.862. The molecule has 0 fully saturated rings. The molecular weight excluding hydrogens is 378 g/mol. The molecule has 3 nitrogen and oxygen atoms in total. The molecule has 0 aliphatic carbocycles. The lowest BCUT2D eigenvalue weighted by Gasteiger charge is -2.28. The molecule has 0 radical (unpaired) electrons. The molecular formula is C9H13Br2NO2S2. The fourth-order valence-corrected chi connectivity index (χ4v) is 4.03. The second-order valence-electron chi connectivity index (χ2n) is 4.12. The molecule has 0 amide bonds. The topological polar surface area (TPSA) is 60.2 Å². The molecule has 1 aromatic rings. The summed E-state index contributed by atoms with van der Waals surface area (Å²) >= 11 is 8.17. The van der Waals surface area contributed by atoms with Gasteiger partial charge in [-0.25, -0.2) is 8.42 Å². The Morgan fingerprint density at radius 3 is 2.25 bits per heavy atom. The molecule has 0 bridgehead atoms. The molecule has 0 spiro atoms. The van der Waals surface area contributed by atoms with Gasteiger partial charge in [-0.05, 0) is 51.8 Å². The first-order chi connectivity index (χ1) is 7.07. The Morgan fingerprint density at radius 1 is 1.44 bits per heavy atom. The Bertz CT molecular complexity index is 474. The number of rotatable bonds is 3. The summed E-state index contributed by atoms with van der Waals surface area (Å²) in [6.45, 7) is 3.29. The van der Waals surface area contributed by atoms with E-state index in [1.54, 1.807) is 13.8 Å². The fraction of sp³-hybridized carbons (Fsp3) is 0.556. The largest absolute Gasteiger partial charge is 0.322 e. The summed E-state index contributed by atoms with van der Waals surface area (Å²) in [5.74, 6) is 0. The van der Waals surface area contributed by atoms with Gasteiger partial charge in [-0.3, -0.25) is 0 Å². The molecule has 1 atom stereocenters. The Kier molecular flexibility index (Phi) is 4.28. The number of sulfone groups is 1. The van der Waals surface area contributed by atoms with Gasteiger partial charge in [0.05, 0.1) is 14.6 Å². The van der Waals surface area contributed by atoms with E-state index in [1.165, 1.54) is 17.6 Å². The normalized spacial score (nSPS) is 15.1. The van der Waals surface area contributed by atoms with Crippen LogP contribution in [0, 0.1) is 0 Å². The zero-order valence-electron chi connectivity index (χ0n) is 9.12. The zero-order chi connectivity index (χ0) is 12.7. The lowest BCUT2D eigenvalue weighted by Crippen LogP contribution is -2.41. The van der Waals surface area contributed by atoms with Crippen molar-refractivity contribution < 1.29 is 8.42 Å². The maximum Gasteiger partial charge on any atom is 0.154 e. The van der Waals surface area contributed by atoms with Crippen LogP contribution in [0.2, 0.25) is 0 Å². The summed E-state index contributed by atoms with van der Waals surface area (Å²) < 4.78 is 24.2. The van der Waals surface area contributed by atoms with Gasteiger partial charge in [0.15, 0.2) is 9.84 Å². The highest BCUT2D eigenvalue weighted by molar-refractivity contribution is 9.13. The fourth-order valence-electron chi connectivity index (χ4n) is 1.09. The van der Waals surface area contributed by atoms with Crippen LogP contribution in [0.3, 0.4) is 0 Å². The average molecular weight is 391 g/mol. The highest BCUT2D eigenvalue weighted by Gasteiger charge is 2.38. The van der Waals surface area contributed by atoms with Crippen LogP contribution < -0.4 is 5.73 Å². The van der Waals surface area contributed by atoms with E-state index >= 15 is 0 Å². The molecule has 92 valence electrons. The van der Waals surface area contributed by atoms with Gasteiger partial charge >= 0.3 is 0 Å². The minimum absolute atomic E-state index is 0.532. The van der Waals surface area contributed by atoms with Crippen LogP contribution in [0.5, 0.6) is 0 Å². The summed E-state index contributed by atoms with van der Waals surface area (Å²) in [4.78, 5) is 0.842. The number of halogens is 2. The van der Waals surface area contributed by atoms with Gasteiger partial charge in [-0.1, -0.05) is 0 Å². The van der Waals surface area contributed by atoms with Crippen LogP contribution in [0.15, 0.2) is 14.3 Å². The predicted molar refractivity (Wildman–Crippen MR) is 75.6 cm³/mol. The second kappa shape index (κ2) is 4.68. The van der Waals surface area contributed by atoms with E-state index in [0.717, 1.165) is 13.1 Å². The van der Waals surface area contributed by atoms with Crippen molar-refractivity contribution in [2.24, 2.45) is 5.73 Å². The maximum atomic E-state index is 11.7. The van der Waals surface area contributed by atoms with E-state index in [9.17, 15) is 8.42 Å². The second-order valence-corrected chi connectivity index (χ2v) is 9.98. The molecule has 0 aromatic carbocycles. The Hall–Kier alpha value is 0.570. The van der Waals surface area contributed by atoms with Gasteiger partial charge in [0.2, 0.25) is 0 Å². The van der Waals surface area contributed by atoms with Gasteiger partial charge < -0.3 is 5.73 Å². The molecule has 0 saturated carbocycles. The summed E-state index contributed by atoms with van der Waals surface area (Å²) in [5, 5.41) is 0. The minimum atomic E-state index is -3.20. The molecule has 0 aliphatic heterocycles. The summed E-state index contributed by atoms with van der Waals surface area (Å²) in [5.41, 5.74) is 6.03. The SMILES string of the molecule is CC(C)(C(N)c1cc(Br)c(Br)s1)S(C)(=O)=O. The van der Waals surface area contributed by atoms with Crippen molar-refractivity contribution in [3.8, 4) is 0 Å². The minimum Gasteiger partial charge on any atom is -0.322 e. The molecule has 2 N–H and O–H groups in total. The lowest BCUT2D eigenvalue weighted by molar-refractivity contribution is 0.501. The number of nitrogens with two attached hydrogens (primary N) is 1. The average Bonchev–Trinajstić information content (AvgIpc) is 2.43. The van der Waals surface area contributed by atoms with Crippen molar-refractivity contribution in [2.45, 2.75) is 24.6 Å². The third kappa shape index (κ3) is 2.69. The third-order valence-corrected chi connectivity index (χ3v) is 8.18. The highest BCUT2D eigenvalue weighted by Crippen LogP contribution is 2.39. The van der Waals surface area contributed by atoms with Crippen molar-refractivity contribution in [3.63, 3.8) is 0 Å². The Morgan fingerprint density at radius 2 is 1.94 bits per heavy atom. The molecule has 1 heterocycles. The molecule has 16 heavy (non-hydrogen) atoms. The van der Waals surface area contributed by atoms with Crippen molar-refractivity contribution >= 4 is 53.0 Å². The molecule has 7 heteroatoms. The Labute approximate surface area is 117 Å². The lowest BCUT2D eigenvalue weighted by atomic mass is 10.0. The van der Waals surface area contributed by atoms with Crippen LogP contribution in [0.4, 0.5) is 0 Å².